The Kier molecular flexibility index (Phi) is 3.32. The fourth-order valence-corrected chi connectivity index (χ4v) is 4.06. The van der Waals surface area contributed by atoms with Crippen LogP contribution in [0.2, 0.25) is 0 Å². The third-order valence-electron chi connectivity index (χ3n) is 4.97. The average molecular weight is 322 g/mol. The number of carbonyl (C=O) groups is 2. The van der Waals surface area contributed by atoms with Gasteiger partial charge in [-0.3, -0.25) is 4.79 Å². The summed E-state index contributed by atoms with van der Waals surface area (Å²) in [6.07, 6.45) is 5.53. The summed E-state index contributed by atoms with van der Waals surface area (Å²) in [5, 5.41) is 11.4. The van der Waals surface area contributed by atoms with Crippen LogP contribution in [0.1, 0.15) is 37.3 Å². The quantitative estimate of drug-likeness (QED) is 0.672. The molecule has 0 amide bonds. The summed E-state index contributed by atoms with van der Waals surface area (Å²) in [6.45, 7) is 1.91. The summed E-state index contributed by atoms with van der Waals surface area (Å²) in [5.74, 6) is -0.974. The third kappa shape index (κ3) is 1.89. The van der Waals surface area contributed by atoms with Gasteiger partial charge in [-0.05, 0) is 42.0 Å². The predicted octanol–water partition coefficient (Wildman–Crippen LogP) is 2.82. The Hall–Kier alpha value is -2.46. The number of ketones is 1. The summed E-state index contributed by atoms with van der Waals surface area (Å²) >= 11 is 0. The molecule has 0 saturated heterocycles. The Morgan fingerprint density at radius 3 is 2.92 bits per heavy atom. The first kappa shape index (κ1) is 15.1. The SMILES string of the molecule is CCOC(=O)C1=C2C3=C(C=CCC3)c3ccccc3C2(O)CC1=O. The zero-order chi connectivity index (χ0) is 16.9. The van der Waals surface area contributed by atoms with E-state index in [9.17, 15) is 14.7 Å². The van der Waals surface area contributed by atoms with Crippen molar-refractivity contribution >= 4 is 17.3 Å². The Morgan fingerprint density at radius 1 is 1.33 bits per heavy atom. The van der Waals surface area contributed by atoms with Crippen LogP contribution in [0.3, 0.4) is 0 Å². The third-order valence-corrected chi connectivity index (χ3v) is 4.97. The van der Waals surface area contributed by atoms with Gasteiger partial charge in [0.25, 0.3) is 0 Å². The minimum absolute atomic E-state index is 0.0247. The summed E-state index contributed by atoms with van der Waals surface area (Å²) < 4.78 is 5.09. The van der Waals surface area contributed by atoms with Crippen molar-refractivity contribution in [1.29, 1.82) is 0 Å². The molecule has 0 aromatic heterocycles. The molecule has 1 N–H and O–H groups in total. The van der Waals surface area contributed by atoms with Gasteiger partial charge in [0, 0.05) is 12.0 Å². The van der Waals surface area contributed by atoms with Crippen molar-refractivity contribution in [3.63, 3.8) is 0 Å². The van der Waals surface area contributed by atoms with Gasteiger partial charge in [0.1, 0.15) is 11.2 Å². The Balaban J connectivity index is 2.05. The van der Waals surface area contributed by atoms with Gasteiger partial charge in [-0.1, -0.05) is 36.4 Å². The molecular weight excluding hydrogens is 304 g/mol. The lowest BCUT2D eigenvalue weighted by molar-refractivity contribution is -0.139. The smallest absolute Gasteiger partial charge is 0.342 e. The maximum atomic E-state index is 12.6. The van der Waals surface area contributed by atoms with Crippen molar-refractivity contribution < 1.29 is 19.4 Å². The fraction of sp³-hybridized carbons (Fsp3) is 0.300. The van der Waals surface area contributed by atoms with Crippen LogP contribution in [0.5, 0.6) is 0 Å². The van der Waals surface area contributed by atoms with Crippen LogP contribution in [-0.2, 0) is 19.9 Å². The van der Waals surface area contributed by atoms with Gasteiger partial charge >= 0.3 is 5.97 Å². The first-order valence-corrected chi connectivity index (χ1v) is 8.25. The van der Waals surface area contributed by atoms with E-state index in [1.807, 2.05) is 30.3 Å². The van der Waals surface area contributed by atoms with Crippen LogP contribution >= 0.6 is 0 Å². The summed E-state index contributed by atoms with van der Waals surface area (Å²) in [6, 6.07) is 7.57. The van der Waals surface area contributed by atoms with Crippen molar-refractivity contribution in [1.82, 2.24) is 0 Å². The van der Waals surface area contributed by atoms with Gasteiger partial charge in [0.15, 0.2) is 5.78 Å². The molecule has 1 aromatic carbocycles. The van der Waals surface area contributed by atoms with Gasteiger partial charge in [-0.15, -0.1) is 0 Å². The molecule has 3 aliphatic carbocycles. The molecule has 4 nitrogen and oxygen atoms in total. The molecule has 0 aliphatic heterocycles. The van der Waals surface area contributed by atoms with Crippen molar-refractivity contribution in [2.75, 3.05) is 6.61 Å². The Morgan fingerprint density at radius 2 is 2.12 bits per heavy atom. The number of ether oxygens (including phenoxy) is 1. The zero-order valence-electron chi connectivity index (χ0n) is 13.5. The molecule has 1 atom stereocenters. The van der Waals surface area contributed by atoms with Crippen LogP contribution in [0.4, 0.5) is 0 Å². The zero-order valence-corrected chi connectivity index (χ0v) is 13.5. The van der Waals surface area contributed by atoms with Crippen LogP contribution in [-0.4, -0.2) is 23.5 Å². The number of esters is 1. The molecule has 24 heavy (non-hydrogen) atoms. The number of aliphatic hydroxyl groups is 1. The Bertz CT molecular complexity index is 856. The molecule has 1 unspecified atom stereocenters. The van der Waals surface area contributed by atoms with E-state index in [4.69, 9.17) is 4.74 Å². The minimum atomic E-state index is -1.43. The molecule has 0 radical (unpaired) electrons. The number of allylic oxidation sites excluding steroid dienone is 3. The van der Waals surface area contributed by atoms with Crippen molar-refractivity contribution in [2.45, 2.75) is 31.8 Å². The Labute approximate surface area is 140 Å². The van der Waals surface area contributed by atoms with E-state index < -0.39 is 11.6 Å². The number of hydrogen-bond acceptors (Lipinski definition) is 4. The second-order valence-corrected chi connectivity index (χ2v) is 6.31. The standard InChI is InChI=1S/C20H18O4/c1-2-24-19(22)17-16(21)11-20(23)15-10-6-5-8-13(15)12-7-3-4-9-14(12)18(17)20/h3,5-8,10,23H,2,4,9,11H2,1H3. The van der Waals surface area contributed by atoms with Crippen LogP contribution in [0.25, 0.3) is 5.57 Å². The second kappa shape index (κ2) is 5.28. The van der Waals surface area contributed by atoms with Gasteiger partial charge in [-0.2, -0.15) is 0 Å². The molecule has 3 aliphatic rings. The number of carbonyl (C=O) groups excluding carboxylic acids is 2. The molecule has 0 bridgehead atoms. The maximum absolute atomic E-state index is 12.6. The highest BCUT2D eigenvalue weighted by atomic mass is 16.5. The van der Waals surface area contributed by atoms with E-state index >= 15 is 0 Å². The second-order valence-electron chi connectivity index (χ2n) is 6.31. The van der Waals surface area contributed by atoms with Crippen LogP contribution < -0.4 is 0 Å². The first-order valence-electron chi connectivity index (χ1n) is 8.25. The fourth-order valence-electron chi connectivity index (χ4n) is 4.06. The highest BCUT2D eigenvalue weighted by molar-refractivity contribution is 6.22. The van der Waals surface area contributed by atoms with Crippen molar-refractivity contribution in [3.05, 3.63) is 64.3 Å². The predicted molar refractivity (Wildman–Crippen MR) is 88.9 cm³/mol. The van der Waals surface area contributed by atoms with E-state index in [2.05, 4.69) is 6.08 Å². The van der Waals surface area contributed by atoms with E-state index in [1.165, 1.54) is 0 Å². The molecule has 0 heterocycles. The first-order chi connectivity index (χ1) is 11.6. The van der Waals surface area contributed by atoms with Gasteiger partial charge < -0.3 is 9.84 Å². The molecule has 0 saturated carbocycles. The van der Waals surface area contributed by atoms with E-state index in [-0.39, 0.29) is 24.4 Å². The van der Waals surface area contributed by atoms with E-state index in [1.54, 1.807) is 6.92 Å². The van der Waals surface area contributed by atoms with Gasteiger partial charge in [0.2, 0.25) is 0 Å². The molecule has 122 valence electrons. The molecule has 0 spiro atoms. The van der Waals surface area contributed by atoms with Gasteiger partial charge in [-0.25, -0.2) is 4.79 Å². The van der Waals surface area contributed by atoms with Gasteiger partial charge in [0.05, 0.1) is 6.61 Å². The summed E-state index contributed by atoms with van der Waals surface area (Å²) in [4.78, 5) is 25.0. The van der Waals surface area contributed by atoms with Crippen LogP contribution in [0, 0.1) is 0 Å². The summed E-state index contributed by atoms with van der Waals surface area (Å²) in [5.41, 5.74) is 2.58. The molecule has 4 heteroatoms. The highest BCUT2D eigenvalue weighted by Gasteiger charge is 2.52. The minimum Gasteiger partial charge on any atom is -0.462 e. The number of hydrogen-bond donors (Lipinski definition) is 1. The van der Waals surface area contributed by atoms with Crippen molar-refractivity contribution in [2.24, 2.45) is 0 Å². The normalized spacial score (nSPS) is 24.7. The van der Waals surface area contributed by atoms with E-state index in [0.717, 1.165) is 23.1 Å². The van der Waals surface area contributed by atoms with E-state index in [0.29, 0.717) is 17.6 Å². The van der Waals surface area contributed by atoms with Crippen molar-refractivity contribution in [3.8, 4) is 0 Å². The molecular formula is C20H18O4. The lowest BCUT2D eigenvalue weighted by Gasteiger charge is -2.37. The lowest BCUT2D eigenvalue weighted by atomic mass is 9.70. The van der Waals surface area contributed by atoms with Crippen LogP contribution in [0.15, 0.2) is 53.1 Å². The molecule has 0 fully saturated rings. The summed E-state index contributed by atoms with van der Waals surface area (Å²) in [7, 11) is 0. The molecule has 4 rings (SSSR count). The number of Topliss-reactive ketones (excluding diaryl/α,β-unsaturated/α-hetero) is 1. The number of benzene rings is 1. The topological polar surface area (TPSA) is 63.6 Å². The highest BCUT2D eigenvalue weighted by Crippen LogP contribution is 2.54. The molecule has 1 aromatic rings. The monoisotopic (exact) mass is 322 g/mol. The number of rotatable bonds is 2. The average Bonchev–Trinajstić information content (AvgIpc) is 2.87. The lowest BCUT2D eigenvalue weighted by Crippen LogP contribution is -2.32. The number of fused-ring (bicyclic) bond motifs is 5. The largest absolute Gasteiger partial charge is 0.462 e. The maximum Gasteiger partial charge on any atom is 0.342 e.